The fraction of sp³-hybridized carbons (Fsp3) is 0.538. The van der Waals surface area contributed by atoms with Crippen LogP contribution in [0, 0.1) is 5.92 Å². The molecular formula is C13H18O3S. The molecule has 0 aromatic heterocycles. The first-order valence-corrected chi connectivity index (χ1v) is 7.81. The maximum atomic E-state index is 11.4. The molecule has 0 spiro atoms. The number of rotatable bonds is 3. The molecule has 1 saturated heterocycles. The number of sulfone groups is 1. The molecule has 4 heteroatoms. The molecule has 1 fully saturated rings. The van der Waals surface area contributed by atoms with Crippen molar-refractivity contribution in [3.8, 4) is 0 Å². The molecular weight excluding hydrogens is 236 g/mol. The quantitative estimate of drug-likeness (QED) is 0.893. The van der Waals surface area contributed by atoms with E-state index in [9.17, 15) is 13.5 Å². The van der Waals surface area contributed by atoms with Gasteiger partial charge in [0, 0.05) is 5.92 Å². The Morgan fingerprint density at radius 2 is 2.24 bits per heavy atom. The second-order valence-corrected chi connectivity index (χ2v) is 6.94. The molecule has 2 atom stereocenters. The lowest BCUT2D eigenvalue weighted by molar-refractivity contribution is 0.121. The zero-order valence-electron chi connectivity index (χ0n) is 9.96. The molecule has 0 aliphatic carbocycles. The van der Waals surface area contributed by atoms with Crippen LogP contribution in [0.5, 0.6) is 0 Å². The van der Waals surface area contributed by atoms with Crippen LogP contribution in [-0.2, 0) is 16.3 Å². The molecule has 1 aromatic carbocycles. The van der Waals surface area contributed by atoms with Crippen LogP contribution in [0.4, 0.5) is 0 Å². The van der Waals surface area contributed by atoms with Gasteiger partial charge in [0.15, 0.2) is 9.84 Å². The lowest BCUT2D eigenvalue weighted by atomic mass is 9.94. The van der Waals surface area contributed by atoms with Crippen LogP contribution in [0.25, 0.3) is 0 Å². The molecule has 1 aromatic rings. The summed E-state index contributed by atoms with van der Waals surface area (Å²) >= 11 is 0. The molecule has 94 valence electrons. The van der Waals surface area contributed by atoms with Gasteiger partial charge in [0.25, 0.3) is 0 Å². The number of aryl methyl sites for hydroxylation is 1. The van der Waals surface area contributed by atoms with Crippen LogP contribution in [0.2, 0.25) is 0 Å². The minimum atomic E-state index is -2.92. The first-order chi connectivity index (χ1) is 8.02. The van der Waals surface area contributed by atoms with Crippen LogP contribution in [0.1, 0.15) is 30.6 Å². The molecule has 0 bridgehead atoms. The average Bonchev–Trinajstić information content (AvgIpc) is 2.69. The Hall–Kier alpha value is -0.870. The monoisotopic (exact) mass is 254 g/mol. The van der Waals surface area contributed by atoms with E-state index < -0.39 is 15.9 Å². The standard InChI is InChI=1S/C13H18O3S/c1-2-10-4-3-5-11(8-10)13(14)12-6-7-17(15,16)9-12/h3-5,8,12-14H,2,6-7,9H2,1H3. The average molecular weight is 254 g/mol. The van der Waals surface area contributed by atoms with Crippen molar-refractivity contribution in [1.82, 2.24) is 0 Å². The Morgan fingerprint density at radius 3 is 2.82 bits per heavy atom. The van der Waals surface area contributed by atoms with E-state index in [4.69, 9.17) is 0 Å². The maximum absolute atomic E-state index is 11.4. The Kier molecular flexibility index (Phi) is 3.54. The summed E-state index contributed by atoms with van der Waals surface area (Å²) < 4.78 is 22.8. The molecule has 0 radical (unpaired) electrons. The zero-order chi connectivity index (χ0) is 12.5. The van der Waals surface area contributed by atoms with E-state index in [-0.39, 0.29) is 17.4 Å². The van der Waals surface area contributed by atoms with Gasteiger partial charge in [0.2, 0.25) is 0 Å². The largest absolute Gasteiger partial charge is 0.388 e. The molecule has 0 amide bonds. The number of hydrogen-bond acceptors (Lipinski definition) is 3. The van der Waals surface area contributed by atoms with Gasteiger partial charge in [-0.05, 0) is 24.0 Å². The molecule has 1 aliphatic rings. The first-order valence-electron chi connectivity index (χ1n) is 5.99. The third-order valence-electron chi connectivity index (χ3n) is 3.41. The van der Waals surface area contributed by atoms with Gasteiger partial charge in [0.05, 0.1) is 17.6 Å². The van der Waals surface area contributed by atoms with E-state index >= 15 is 0 Å². The molecule has 17 heavy (non-hydrogen) atoms. The Morgan fingerprint density at radius 1 is 1.47 bits per heavy atom. The van der Waals surface area contributed by atoms with Crippen molar-refractivity contribution in [2.24, 2.45) is 5.92 Å². The number of aliphatic hydroxyl groups is 1. The van der Waals surface area contributed by atoms with Gasteiger partial charge < -0.3 is 5.11 Å². The fourth-order valence-electron chi connectivity index (χ4n) is 2.34. The number of aliphatic hydroxyl groups excluding tert-OH is 1. The van der Waals surface area contributed by atoms with Crippen LogP contribution in [0.3, 0.4) is 0 Å². The molecule has 1 aliphatic heterocycles. The minimum Gasteiger partial charge on any atom is -0.388 e. The summed E-state index contributed by atoms with van der Waals surface area (Å²) in [6.07, 6.45) is 0.836. The van der Waals surface area contributed by atoms with E-state index in [1.807, 2.05) is 24.3 Å². The van der Waals surface area contributed by atoms with Crippen molar-refractivity contribution in [2.75, 3.05) is 11.5 Å². The zero-order valence-corrected chi connectivity index (χ0v) is 10.8. The second-order valence-electron chi connectivity index (χ2n) is 4.71. The van der Waals surface area contributed by atoms with Gasteiger partial charge in [0.1, 0.15) is 0 Å². The van der Waals surface area contributed by atoms with Gasteiger partial charge in [-0.3, -0.25) is 0 Å². The maximum Gasteiger partial charge on any atom is 0.150 e. The molecule has 1 heterocycles. The normalized spacial score (nSPS) is 24.7. The van der Waals surface area contributed by atoms with Gasteiger partial charge in [-0.15, -0.1) is 0 Å². The van der Waals surface area contributed by atoms with Crippen LogP contribution < -0.4 is 0 Å². The van der Waals surface area contributed by atoms with Crippen molar-refractivity contribution < 1.29 is 13.5 Å². The SMILES string of the molecule is CCc1cccc(C(O)C2CCS(=O)(=O)C2)c1. The lowest BCUT2D eigenvalue weighted by Gasteiger charge is -2.17. The van der Waals surface area contributed by atoms with Crippen molar-refractivity contribution >= 4 is 9.84 Å². The lowest BCUT2D eigenvalue weighted by Crippen LogP contribution is -2.14. The predicted molar refractivity (Wildman–Crippen MR) is 67.5 cm³/mol. The summed E-state index contributed by atoms with van der Waals surface area (Å²) in [5.74, 6) is 0.180. The van der Waals surface area contributed by atoms with Gasteiger partial charge in [-0.1, -0.05) is 31.2 Å². The van der Waals surface area contributed by atoms with E-state index in [0.29, 0.717) is 6.42 Å². The summed E-state index contributed by atoms with van der Waals surface area (Å²) in [4.78, 5) is 0. The molecule has 0 saturated carbocycles. The third kappa shape index (κ3) is 2.87. The highest BCUT2D eigenvalue weighted by molar-refractivity contribution is 7.91. The summed E-state index contributed by atoms with van der Waals surface area (Å²) in [5, 5.41) is 10.2. The van der Waals surface area contributed by atoms with Crippen LogP contribution in [0.15, 0.2) is 24.3 Å². The van der Waals surface area contributed by atoms with Crippen molar-refractivity contribution in [2.45, 2.75) is 25.9 Å². The summed E-state index contributed by atoms with van der Waals surface area (Å²) in [6, 6.07) is 7.77. The molecule has 3 nitrogen and oxygen atoms in total. The molecule has 1 N–H and O–H groups in total. The Bertz CT molecular complexity index is 493. The Balaban J connectivity index is 2.17. The topological polar surface area (TPSA) is 54.4 Å². The third-order valence-corrected chi connectivity index (χ3v) is 5.21. The Labute approximate surface area is 102 Å². The first kappa shape index (κ1) is 12.6. The van der Waals surface area contributed by atoms with Crippen LogP contribution in [-0.4, -0.2) is 25.0 Å². The van der Waals surface area contributed by atoms with Gasteiger partial charge >= 0.3 is 0 Å². The molecule has 2 unspecified atom stereocenters. The number of benzene rings is 1. The van der Waals surface area contributed by atoms with E-state index in [2.05, 4.69) is 6.92 Å². The number of hydrogen-bond donors (Lipinski definition) is 1. The highest BCUT2D eigenvalue weighted by Crippen LogP contribution is 2.31. The smallest absolute Gasteiger partial charge is 0.150 e. The fourth-order valence-corrected chi connectivity index (χ4v) is 4.17. The highest BCUT2D eigenvalue weighted by atomic mass is 32.2. The summed E-state index contributed by atoms with van der Waals surface area (Å²) in [7, 11) is -2.92. The second kappa shape index (κ2) is 4.78. The van der Waals surface area contributed by atoms with Crippen molar-refractivity contribution in [3.05, 3.63) is 35.4 Å². The van der Waals surface area contributed by atoms with E-state index in [1.54, 1.807) is 0 Å². The van der Waals surface area contributed by atoms with Gasteiger partial charge in [-0.25, -0.2) is 8.42 Å². The highest BCUT2D eigenvalue weighted by Gasteiger charge is 2.33. The van der Waals surface area contributed by atoms with Crippen molar-refractivity contribution in [1.29, 1.82) is 0 Å². The summed E-state index contributed by atoms with van der Waals surface area (Å²) in [6.45, 7) is 2.06. The van der Waals surface area contributed by atoms with Crippen molar-refractivity contribution in [3.63, 3.8) is 0 Å². The predicted octanol–water partition coefficient (Wildman–Crippen LogP) is 1.72. The van der Waals surface area contributed by atoms with E-state index in [1.165, 1.54) is 5.56 Å². The van der Waals surface area contributed by atoms with Gasteiger partial charge in [-0.2, -0.15) is 0 Å². The molecule has 2 rings (SSSR count). The minimum absolute atomic E-state index is 0.116. The van der Waals surface area contributed by atoms with E-state index in [0.717, 1.165) is 12.0 Å². The van der Waals surface area contributed by atoms with Crippen LogP contribution >= 0.6 is 0 Å². The summed E-state index contributed by atoms with van der Waals surface area (Å²) in [5.41, 5.74) is 2.01.